The summed E-state index contributed by atoms with van der Waals surface area (Å²) in [6.45, 7) is 6.24. The van der Waals surface area contributed by atoms with Crippen molar-refractivity contribution in [3.05, 3.63) is 71.9 Å². The number of nitrogens with zero attached hydrogens (tertiary/aromatic N) is 4. The van der Waals surface area contributed by atoms with Crippen molar-refractivity contribution in [3.8, 4) is 0 Å². The first kappa shape index (κ1) is 19.1. The maximum atomic E-state index is 13.3. The quantitative estimate of drug-likeness (QED) is 0.668. The van der Waals surface area contributed by atoms with E-state index in [1.807, 2.05) is 17.0 Å². The Labute approximate surface area is 177 Å². The van der Waals surface area contributed by atoms with Crippen LogP contribution in [0.2, 0.25) is 0 Å². The molecule has 2 aromatic carbocycles. The SMILES string of the molecule is O=C(c1cccnc1N1CCCC1)N1CCN(Cc2cccc3ccccc23)CC1. The highest BCUT2D eigenvalue weighted by atomic mass is 16.2. The van der Waals surface area contributed by atoms with Gasteiger partial charge in [-0.3, -0.25) is 9.69 Å². The van der Waals surface area contributed by atoms with Crippen LogP contribution in [0.3, 0.4) is 0 Å². The third kappa shape index (κ3) is 3.77. The summed E-state index contributed by atoms with van der Waals surface area (Å²) in [6.07, 6.45) is 4.15. The predicted molar refractivity (Wildman–Crippen MR) is 121 cm³/mol. The fraction of sp³-hybridized carbons (Fsp3) is 0.360. The number of carbonyl (C=O) groups is 1. The zero-order valence-corrected chi connectivity index (χ0v) is 17.3. The summed E-state index contributed by atoms with van der Waals surface area (Å²) >= 11 is 0. The molecule has 0 N–H and O–H groups in total. The number of fused-ring (bicyclic) bond motifs is 1. The molecule has 0 bridgehead atoms. The molecule has 1 amide bonds. The van der Waals surface area contributed by atoms with Crippen molar-refractivity contribution >= 4 is 22.5 Å². The highest BCUT2D eigenvalue weighted by Gasteiger charge is 2.27. The first-order valence-electron chi connectivity index (χ1n) is 11.0. The molecule has 2 fully saturated rings. The van der Waals surface area contributed by atoms with E-state index in [-0.39, 0.29) is 5.91 Å². The highest BCUT2D eigenvalue weighted by Crippen LogP contribution is 2.24. The van der Waals surface area contributed by atoms with Crippen LogP contribution >= 0.6 is 0 Å². The first-order valence-corrected chi connectivity index (χ1v) is 11.0. The van der Waals surface area contributed by atoms with Gasteiger partial charge in [0, 0.05) is 52.0 Å². The van der Waals surface area contributed by atoms with Crippen LogP contribution in [-0.4, -0.2) is 60.0 Å². The van der Waals surface area contributed by atoms with E-state index in [4.69, 9.17) is 0 Å². The lowest BCUT2D eigenvalue weighted by atomic mass is 10.0. The topological polar surface area (TPSA) is 39.7 Å². The van der Waals surface area contributed by atoms with Crippen LogP contribution in [0.15, 0.2) is 60.8 Å². The van der Waals surface area contributed by atoms with Crippen molar-refractivity contribution in [2.75, 3.05) is 44.2 Å². The van der Waals surface area contributed by atoms with E-state index in [0.29, 0.717) is 0 Å². The molecule has 30 heavy (non-hydrogen) atoms. The van der Waals surface area contributed by atoms with Crippen molar-refractivity contribution in [1.82, 2.24) is 14.8 Å². The molecule has 2 saturated heterocycles. The van der Waals surface area contributed by atoms with Gasteiger partial charge in [-0.05, 0) is 41.3 Å². The normalized spacial score (nSPS) is 17.6. The number of piperazine rings is 1. The first-order chi connectivity index (χ1) is 14.8. The maximum absolute atomic E-state index is 13.3. The molecule has 0 radical (unpaired) electrons. The standard InChI is InChI=1S/C25H28N4O/c30-25(23-11-6-12-26-24(23)28-13-3-4-14-28)29-17-15-27(16-18-29)19-21-9-5-8-20-7-1-2-10-22(20)21/h1-2,5-12H,3-4,13-19H2. The summed E-state index contributed by atoms with van der Waals surface area (Å²) in [5, 5.41) is 2.61. The maximum Gasteiger partial charge on any atom is 0.257 e. The van der Waals surface area contributed by atoms with Gasteiger partial charge in [-0.1, -0.05) is 42.5 Å². The van der Waals surface area contributed by atoms with Crippen molar-refractivity contribution in [2.45, 2.75) is 19.4 Å². The van der Waals surface area contributed by atoms with E-state index < -0.39 is 0 Å². The van der Waals surface area contributed by atoms with Crippen LogP contribution in [0, 0.1) is 0 Å². The minimum Gasteiger partial charge on any atom is -0.356 e. The molecule has 2 aliphatic heterocycles. The fourth-order valence-corrected chi connectivity index (χ4v) is 4.70. The second-order valence-electron chi connectivity index (χ2n) is 8.28. The van der Waals surface area contributed by atoms with Gasteiger partial charge >= 0.3 is 0 Å². The van der Waals surface area contributed by atoms with Gasteiger partial charge in [0.05, 0.1) is 5.56 Å². The van der Waals surface area contributed by atoms with E-state index in [9.17, 15) is 4.79 Å². The van der Waals surface area contributed by atoms with E-state index in [0.717, 1.165) is 57.2 Å². The van der Waals surface area contributed by atoms with Gasteiger partial charge in [0.2, 0.25) is 0 Å². The smallest absolute Gasteiger partial charge is 0.257 e. The van der Waals surface area contributed by atoms with Crippen molar-refractivity contribution in [3.63, 3.8) is 0 Å². The van der Waals surface area contributed by atoms with Crippen LogP contribution < -0.4 is 4.90 Å². The van der Waals surface area contributed by atoms with E-state index in [2.05, 4.69) is 57.2 Å². The Morgan fingerprint density at radius 3 is 2.43 bits per heavy atom. The number of pyridine rings is 1. The van der Waals surface area contributed by atoms with Gasteiger partial charge in [-0.25, -0.2) is 4.98 Å². The summed E-state index contributed by atoms with van der Waals surface area (Å²) in [5.74, 6) is 0.980. The Balaban J connectivity index is 1.26. The largest absolute Gasteiger partial charge is 0.356 e. The highest BCUT2D eigenvalue weighted by molar-refractivity contribution is 5.99. The molecular formula is C25H28N4O. The summed E-state index contributed by atoms with van der Waals surface area (Å²) in [5.41, 5.74) is 2.11. The minimum atomic E-state index is 0.120. The molecular weight excluding hydrogens is 372 g/mol. The summed E-state index contributed by atoms with van der Waals surface area (Å²) in [4.78, 5) is 24.5. The molecule has 3 aromatic rings. The number of hydrogen-bond acceptors (Lipinski definition) is 4. The summed E-state index contributed by atoms with van der Waals surface area (Å²) < 4.78 is 0. The second kappa shape index (κ2) is 8.44. The van der Waals surface area contributed by atoms with Crippen molar-refractivity contribution < 1.29 is 4.79 Å². The van der Waals surface area contributed by atoms with E-state index in [1.54, 1.807) is 6.20 Å². The van der Waals surface area contributed by atoms with Crippen LogP contribution in [0.25, 0.3) is 10.8 Å². The molecule has 0 aliphatic carbocycles. The predicted octanol–water partition coefficient (Wildman–Crippen LogP) is 3.79. The Bertz CT molecular complexity index is 1030. The zero-order valence-electron chi connectivity index (χ0n) is 17.3. The molecule has 0 atom stereocenters. The lowest BCUT2D eigenvalue weighted by Crippen LogP contribution is -2.48. The molecule has 0 unspecified atom stereocenters. The summed E-state index contributed by atoms with van der Waals surface area (Å²) in [7, 11) is 0. The van der Waals surface area contributed by atoms with Crippen molar-refractivity contribution in [2.24, 2.45) is 0 Å². The Hall–Kier alpha value is -2.92. The molecule has 3 heterocycles. The monoisotopic (exact) mass is 400 g/mol. The Morgan fingerprint density at radius 2 is 1.60 bits per heavy atom. The molecule has 5 nitrogen and oxygen atoms in total. The molecule has 0 spiro atoms. The Morgan fingerprint density at radius 1 is 0.833 bits per heavy atom. The zero-order chi connectivity index (χ0) is 20.3. The van der Waals surface area contributed by atoms with Crippen LogP contribution in [-0.2, 0) is 6.54 Å². The third-order valence-electron chi connectivity index (χ3n) is 6.36. The molecule has 0 saturated carbocycles. The summed E-state index contributed by atoms with van der Waals surface area (Å²) in [6, 6.07) is 18.9. The van der Waals surface area contributed by atoms with Gasteiger partial charge in [-0.2, -0.15) is 0 Å². The van der Waals surface area contributed by atoms with Gasteiger partial charge in [0.15, 0.2) is 0 Å². The molecule has 2 aliphatic rings. The fourth-order valence-electron chi connectivity index (χ4n) is 4.70. The van der Waals surface area contributed by atoms with Gasteiger partial charge in [0.25, 0.3) is 5.91 Å². The number of rotatable bonds is 4. The second-order valence-corrected chi connectivity index (χ2v) is 8.28. The van der Waals surface area contributed by atoms with Crippen LogP contribution in [0.4, 0.5) is 5.82 Å². The van der Waals surface area contributed by atoms with E-state index in [1.165, 1.54) is 29.2 Å². The average molecular weight is 401 g/mol. The van der Waals surface area contributed by atoms with Gasteiger partial charge < -0.3 is 9.80 Å². The van der Waals surface area contributed by atoms with E-state index >= 15 is 0 Å². The minimum absolute atomic E-state index is 0.120. The van der Waals surface area contributed by atoms with Gasteiger partial charge in [-0.15, -0.1) is 0 Å². The lowest BCUT2D eigenvalue weighted by molar-refractivity contribution is 0.0629. The molecule has 1 aromatic heterocycles. The number of hydrogen-bond donors (Lipinski definition) is 0. The Kier molecular flexibility index (Phi) is 5.37. The number of carbonyl (C=O) groups excluding carboxylic acids is 1. The van der Waals surface area contributed by atoms with Gasteiger partial charge in [0.1, 0.15) is 5.82 Å². The lowest BCUT2D eigenvalue weighted by Gasteiger charge is -2.35. The van der Waals surface area contributed by atoms with Crippen LogP contribution in [0.1, 0.15) is 28.8 Å². The third-order valence-corrected chi connectivity index (χ3v) is 6.36. The molecule has 154 valence electrons. The van der Waals surface area contributed by atoms with Crippen molar-refractivity contribution in [1.29, 1.82) is 0 Å². The van der Waals surface area contributed by atoms with Crippen LogP contribution in [0.5, 0.6) is 0 Å². The number of amides is 1. The average Bonchev–Trinajstić information content (AvgIpc) is 3.34. The number of anilines is 1. The number of benzene rings is 2. The molecule has 5 rings (SSSR count). The molecule has 5 heteroatoms. The number of aromatic nitrogens is 1.